The Kier molecular flexibility index (Phi) is 4.65. The van der Waals surface area contributed by atoms with Gasteiger partial charge in [0.05, 0.1) is 14.2 Å². The first-order valence-electron chi connectivity index (χ1n) is 9.36. The van der Waals surface area contributed by atoms with Crippen molar-refractivity contribution < 1.29 is 24.1 Å². The van der Waals surface area contributed by atoms with Crippen molar-refractivity contribution in [2.75, 3.05) is 21.0 Å². The fourth-order valence-corrected chi connectivity index (χ4v) is 5.45. The summed E-state index contributed by atoms with van der Waals surface area (Å²) in [5, 5.41) is 12.4. The summed E-state index contributed by atoms with van der Waals surface area (Å²) < 4.78 is 20.8. The average Bonchev–Trinajstić information content (AvgIpc) is 3.04. The minimum atomic E-state index is -1.51. The van der Waals surface area contributed by atoms with Gasteiger partial charge < -0.3 is 24.1 Å². The SMILES string of the molecule is COc1ccc([C@](O)(c2cc3c(cc2C)OCO3)[C@]2(C)[C@H](C)C2(Cl)Cl)cc1OC. The summed E-state index contributed by atoms with van der Waals surface area (Å²) in [7, 11) is 3.12. The van der Waals surface area contributed by atoms with Crippen molar-refractivity contribution in [1.82, 2.24) is 0 Å². The second-order valence-corrected chi connectivity index (χ2v) is 9.23. The van der Waals surface area contributed by atoms with Crippen LogP contribution >= 0.6 is 23.2 Å². The van der Waals surface area contributed by atoms with E-state index in [1.165, 1.54) is 0 Å². The van der Waals surface area contributed by atoms with Crippen molar-refractivity contribution in [2.45, 2.75) is 30.7 Å². The third-order valence-corrected chi connectivity index (χ3v) is 8.12. The Morgan fingerprint density at radius 3 is 2.21 bits per heavy atom. The van der Waals surface area contributed by atoms with Crippen molar-refractivity contribution >= 4 is 23.2 Å². The first-order valence-corrected chi connectivity index (χ1v) is 10.1. The molecule has 2 aromatic rings. The Balaban J connectivity index is 1.98. The Bertz CT molecular complexity index is 976. The molecule has 0 radical (unpaired) electrons. The van der Waals surface area contributed by atoms with Crippen LogP contribution in [-0.4, -0.2) is 30.5 Å². The predicted molar refractivity (Wildman–Crippen MR) is 112 cm³/mol. The molecule has 0 aromatic heterocycles. The second-order valence-electron chi connectivity index (χ2n) is 7.85. The molecule has 0 spiro atoms. The van der Waals surface area contributed by atoms with Crippen LogP contribution in [0.2, 0.25) is 0 Å². The summed E-state index contributed by atoms with van der Waals surface area (Å²) in [5.41, 5.74) is -0.265. The van der Waals surface area contributed by atoms with Crippen LogP contribution in [-0.2, 0) is 5.60 Å². The molecule has 29 heavy (non-hydrogen) atoms. The van der Waals surface area contributed by atoms with E-state index in [1.54, 1.807) is 26.4 Å². The molecule has 1 fully saturated rings. The van der Waals surface area contributed by atoms with E-state index in [0.717, 1.165) is 5.56 Å². The van der Waals surface area contributed by atoms with Crippen LogP contribution in [0.5, 0.6) is 23.0 Å². The summed E-state index contributed by atoms with van der Waals surface area (Å²) in [6, 6.07) is 9.02. The molecule has 0 saturated heterocycles. The first-order chi connectivity index (χ1) is 13.6. The molecule has 0 bridgehead atoms. The monoisotopic (exact) mass is 438 g/mol. The molecule has 0 unspecified atom stereocenters. The largest absolute Gasteiger partial charge is 0.493 e. The Hall–Kier alpha value is -1.82. The van der Waals surface area contributed by atoms with Gasteiger partial charge in [-0.3, -0.25) is 0 Å². The van der Waals surface area contributed by atoms with Gasteiger partial charge in [0.15, 0.2) is 23.0 Å². The van der Waals surface area contributed by atoms with Crippen molar-refractivity contribution in [3.63, 3.8) is 0 Å². The fourth-order valence-electron chi connectivity index (χ4n) is 4.52. The van der Waals surface area contributed by atoms with Gasteiger partial charge in [-0.1, -0.05) is 19.9 Å². The number of aliphatic hydroxyl groups is 1. The lowest BCUT2D eigenvalue weighted by atomic mass is 9.71. The maximum atomic E-state index is 12.4. The highest BCUT2D eigenvalue weighted by Crippen LogP contribution is 2.76. The quantitative estimate of drug-likeness (QED) is 0.678. The molecule has 2 aliphatic rings. The number of alkyl halides is 2. The number of aryl methyl sites for hydroxylation is 1. The third kappa shape index (κ3) is 2.57. The lowest BCUT2D eigenvalue weighted by Gasteiger charge is -2.38. The van der Waals surface area contributed by atoms with Gasteiger partial charge in [-0.05, 0) is 47.9 Å². The lowest BCUT2D eigenvalue weighted by molar-refractivity contribution is 0.000657. The normalized spacial score (nSPS) is 26.0. The summed E-state index contributed by atoms with van der Waals surface area (Å²) in [6.07, 6.45) is 0. The highest BCUT2D eigenvalue weighted by Gasteiger charge is 2.79. The Morgan fingerprint density at radius 1 is 1.07 bits per heavy atom. The van der Waals surface area contributed by atoms with E-state index in [0.29, 0.717) is 34.1 Å². The number of methoxy groups -OCH3 is 2. The highest BCUT2D eigenvalue weighted by atomic mass is 35.5. The zero-order chi connectivity index (χ0) is 21.2. The fraction of sp³-hybridized carbons (Fsp3) is 0.455. The molecule has 4 rings (SSSR count). The summed E-state index contributed by atoms with van der Waals surface area (Å²) >= 11 is 13.4. The van der Waals surface area contributed by atoms with Gasteiger partial charge in [0, 0.05) is 11.3 Å². The van der Waals surface area contributed by atoms with Crippen LogP contribution in [0.3, 0.4) is 0 Å². The zero-order valence-corrected chi connectivity index (χ0v) is 18.5. The van der Waals surface area contributed by atoms with E-state index in [9.17, 15) is 5.11 Å². The minimum absolute atomic E-state index is 0.148. The van der Waals surface area contributed by atoms with Gasteiger partial charge in [0.1, 0.15) is 9.93 Å². The number of ether oxygens (including phenoxy) is 4. The number of rotatable bonds is 5. The number of hydrogen-bond donors (Lipinski definition) is 1. The zero-order valence-electron chi connectivity index (χ0n) is 17.0. The van der Waals surface area contributed by atoms with Gasteiger partial charge in [-0.2, -0.15) is 0 Å². The Morgan fingerprint density at radius 2 is 1.66 bits per heavy atom. The highest BCUT2D eigenvalue weighted by molar-refractivity contribution is 6.52. The van der Waals surface area contributed by atoms with Crippen molar-refractivity contribution in [3.05, 3.63) is 47.0 Å². The van der Waals surface area contributed by atoms with E-state index in [-0.39, 0.29) is 12.7 Å². The van der Waals surface area contributed by atoms with Crippen molar-refractivity contribution in [2.24, 2.45) is 11.3 Å². The average molecular weight is 439 g/mol. The number of benzene rings is 2. The van der Waals surface area contributed by atoms with Crippen LogP contribution in [0.1, 0.15) is 30.5 Å². The molecule has 156 valence electrons. The maximum absolute atomic E-state index is 12.4. The van der Waals surface area contributed by atoms with E-state index in [4.69, 9.17) is 42.1 Å². The van der Waals surface area contributed by atoms with Crippen LogP contribution in [0.15, 0.2) is 30.3 Å². The van der Waals surface area contributed by atoms with Gasteiger partial charge in [0.25, 0.3) is 0 Å². The van der Waals surface area contributed by atoms with Crippen LogP contribution in [0.4, 0.5) is 0 Å². The molecule has 1 saturated carbocycles. The van der Waals surface area contributed by atoms with Crippen molar-refractivity contribution in [3.8, 4) is 23.0 Å². The summed E-state index contributed by atoms with van der Waals surface area (Å²) in [6.45, 7) is 5.91. The second kappa shape index (κ2) is 6.59. The smallest absolute Gasteiger partial charge is 0.231 e. The lowest BCUT2D eigenvalue weighted by Crippen LogP contribution is -2.40. The van der Waals surface area contributed by atoms with Crippen LogP contribution in [0.25, 0.3) is 0 Å². The molecule has 1 aliphatic carbocycles. The molecule has 2 aromatic carbocycles. The number of fused-ring (bicyclic) bond motifs is 1. The molecule has 5 nitrogen and oxygen atoms in total. The number of halogens is 2. The van der Waals surface area contributed by atoms with E-state index in [2.05, 4.69) is 0 Å². The standard InChI is InChI=1S/C22H24Cl2O5/c1-12-8-18-19(29-11-28-18)10-15(12)21(25,20(3)13(2)22(20,23)24)14-6-7-16(26-4)17(9-14)27-5/h6-10,13,25H,11H2,1-5H3/t13-,20-,21-/m0/s1. The van der Waals surface area contributed by atoms with Crippen molar-refractivity contribution in [1.29, 1.82) is 0 Å². The van der Waals surface area contributed by atoms with Gasteiger partial charge in [0.2, 0.25) is 6.79 Å². The molecule has 3 atom stereocenters. The summed E-state index contributed by atoms with van der Waals surface area (Å²) in [5.74, 6) is 2.14. The van der Waals surface area contributed by atoms with E-state index >= 15 is 0 Å². The minimum Gasteiger partial charge on any atom is -0.493 e. The third-order valence-electron chi connectivity index (χ3n) is 6.68. The predicted octanol–water partition coefficient (Wildman–Crippen LogP) is 4.81. The molecule has 1 aliphatic heterocycles. The maximum Gasteiger partial charge on any atom is 0.231 e. The topological polar surface area (TPSA) is 57.2 Å². The molecular formula is C22H24Cl2O5. The molecule has 1 N–H and O–H groups in total. The Labute approximate surface area is 180 Å². The van der Waals surface area contributed by atoms with Crippen LogP contribution in [0, 0.1) is 18.3 Å². The number of hydrogen-bond acceptors (Lipinski definition) is 5. The molecule has 0 amide bonds. The first kappa shape index (κ1) is 20.5. The van der Waals surface area contributed by atoms with Crippen LogP contribution < -0.4 is 18.9 Å². The van der Waals surface area contributed by atoms with Gasteiger partial charge in [-0.25, -0.2) is 0 Å². The van der Waals surface area contributed by atoms with E-state index < -0.39 is 15.3 Å². The summed E-state index contributed by atoms with van der Waals surface area (Å²) in [4.78, 5) is 0. The molecule has 1 heterocycles. The molecular weight excluding hydrogens is 415 g/mol. The van der Waals surface area contributed by atoms with E-state index in [1.807, 2.05) is 39.0 Å². The van der Waals surface area contributed by atoms with Gasteiger partial charge >= 0.3 is 0 Å². The van der Waals surface area contributed by atoms with Gasteiger partial charge in [-0.15, -0.1) is 23.2 Å². The molecule has 7 heteroatoms.